The molecule has 2 aromatic heterocycles. The van der Waals surface area contributed by atoms with E-state index in [4.69, 9.17) is 5.11 Å². The van der Waals surface area contributed by atoms with Crippen LogP contribution < -0.4 is 0 Å². The molecule has 6 heteroatoms. The summed E-state index contributed by atoms with van der Waals surface area (Å²) in [5, 5.41) is 16.6. The number of aromatic nitrogens is 4. The van der Waals surface area contributed by atoms with E-state index in [0.29, 0.717) is 5.82 Å². The fourth-order valence-electron chi connectivity index (χ4n) is 1.35. The number of nitrogens with zero attached hydrogens (tertiary/aromatic N) is 4. The number of carbonyl (C=O) groups is 1. The van der Waals surface area contributed by atoms with E-state index in [2.05, 4.69) is 15.2 Å². The largest absolute Gasteiger partial charge is 0.480 e. The van der Waals surface area contributed by atoms with Crippen molar-refractivity contribution in [1.29, 1.82) is 0 Å². The van der Waals surface area contributed by atoms with Crippen LogP contribution in [0.15, 0.2) is 30.9 Å². The molecule has 2 rings (SSSR count). The standard InChI is InChI=1S/C10H10N4O2/c1-7(10(15)16)14-6-12-13-9(14)8-3-2-4-11-5-8/h2-7H,1H3,(H,15,16). The summed E-state index contributed by atoms with van der Waals surface area (Å²) in [6, 6.07) is 2.87. The zero-order valence-corrected chi connectivity index (χ0v) is 8.61. The molecule has 82 valence electrons. The first-order valence-electron chi connectivity index (χ1n) is 4.73. The average Bonchev–Trinajstić information content (AvgIpc) is 2.77. The zero-order chi connectivity index (χ0) is 11.5. The van der Waals surface area contributed by atoms with E-state index in [-0.39, 0.29) is 0 Å². The molecule has 6 nitrogen and oxygen atoms in total. The monoisotopic (exact) mass is 218 g/mol. The first kappa shape index (κ1) is 10.3. The molecule has 0 spiro atoms. The Morgan fingerprint density at radius 3 is 3.00 bits per heavy atom. The molecular weight excluding hydrogens is 208 g/mol. The second-order valence-electron chi connectivity index (χ2n) is 3.32. The minimum atomic E-state index is -0.926. The molecule has 16 heavy (non-hydrogen) atoms. The quantitative estimate of drug-likeness (QED) is 0.830. The molecule has 0 aromatic carbocycles. The highest BCUT2D eigenvalue weighted by Crippen LogP contribution is 2.18. The summed E-state index contributed by atoms with van der Waals surface area (Å²) in [5.41, 5.74) is 0.744. The first-order valence-corrected chi connectivity index (χ1v) is 4.73. The predicted octanol–water partition coefficient (Wildman–Crippen LogP) is 0.986. The van der Waals surface area contributed by atoms with Crippen LogP contribution in [0.4, 0.5) is 0 Å². The summed E-state index contributed by atoms with van der Waals surface area (Å²) >= 11 is 0. The molecule has 1 atom stereocenters. The van der Waals surface area contributed by atoms with Gasteiger partial charge < -0.3 is 5.11 Å². The van der Waals surface area contributed by atoms with E-state index >= 15 is 0 Å². The molecule has 1 N–H and O–H groups in total. The van der Waals surface area contributed by atoms with Crippen LogP contribution in [0.3, 0.4) is 0 Å². The number of carboxylic acids is 1. The van der Waals surface area contributed by atoms with Gasteiger partial charge >= 0.3 is 5.97 Å². The van der Waals surface area contributed by atoms with Gasteiger partial charge in [-0.3, -0.25) is 9.55 Å². The summed E-state index contributed by atoms with van der Waals surface area (Å²) in [4.78, 5) is 14.8. The van der Waals surface area contributed by atoms with Crippen molar-refractivity contribution in [2.24, 2.45) is 0 Å². The van der Waals surface area contributed by atoms with Gasteiger partial charge in [-0.2, -0.15) is 0 Å². The number of carboxylic acid groups (broad SMARTS) is 1. The van der Waals surface area contributed by atoms with Crippen LogP contribution in [0.25, 0.3) is 11.4 Å². The van der Waals surface area contributed by atoms with Crippen LogP contribution in [-0.2, 0) is 4.79 Å². The zero-order valence-electron chi connectivity index (χ0n) is 8.61. The highest BCUT2D eigenvalue weighted by molar-refractivity contribution is 5.72. The topological polar surface area (TPSA) is 80.9 Å². The lowest BCUT2D eigenvalue weighted by atomic mass is 10.2. The number of aliphatic carboxylic acids is 1. The minimum absolute atomic E-state index is 0.503. The van der Waals surface area contributed by atoms with Crippen LogP contribution in [0.5, 0.6) is 0 Å². The van der Waals surface area contributed by atoms with Crippen molar-refractivity contribution in [3.63, 3.8) is 0 Å². The fraction of sp³-hybridized carbons (Fsp3) is 0.200. The summed E-state index contributed by atoms with van der Waals surface area (Å²) in [6.07, 6.45) is 4.67. The van der Waals surface area contributed by atoms with Gasteiger partial charge in [0.2, 0.25) is 0 Å². The maximum Gasteiger partial charge on any atom is 0.326 e. The minimum Gasteiger partial charge on any atom is -0.480 e. The van der Waals surface area contributed by atoms with Crippen molar-refractivity contribution >= 4 is 5.97 Å². The van der Waals surface area contributed by atoms with Crippen LogP contribution in [0, 0.1) is 0 Å². The summed E-state index contributed by atoms with van der Waals surface area (Å²) in [6.45, 7) is 1.57. The van der Waals surface area contributed by atoms with Gasteiger partial charge in [-0.1, -0.05) is 0 Å². The highest BCUT2D eigenvalue weighted by atomic mass is 16.4. The molecule has 0 aliphatic carbocycles. The number of hydrogen-bond acceptors (Lipinski definition) is 4. The Morgan fingerprint density at radius 2 is 2.38 bits per heavy atom. The Balaban J connectivity index is 2.44. The molecule has 0 saturated carbocycles. The summed E-state index contributed by atoms with van der Waals surface area (Å²) < 4.78 is 1.50. The van der Waals surface area contributed by atoms with Gasteiger partial charge in [0.05, 0.1) is 0 Å². The average molecular weight is 218 g/mol. The molecule has 0 aliphatic heterocycles. The molecule has 2 aromatic rings. The van der Waals surface area contributed by atoms with E-state index in [1.165, 1.54) is 10.9 Å². The fourth-order valence-corrected chi connectivity index (χ4v) is 1.35. The molecule has 2 heterocycles. The van der Waals surface area contributed by atoms with Gasteiger partial charge in [-0.25, -0.2) is 4.79 Å². The number of pyridine rings is 1. The number of rotatable bonds is 3. The smallest absolute Gasteiger partial charge is 0.326 e. The third kappa shape index (κ3) is 1.77. The second kappa shape index (κ2) is 4.09. The Kier molecular flexibility index (Phi) is 2.63. The van der Waals surface area contributed by atoms with Gasteiger partial charge in [0, 0.05) is 18.0 Å². The normalized spacial score (nSPS) is 12.3. The van der Waals surface area contributed by atoms with Crippen molar-refractivity contribution in [1.82, 2.24) is 19.7 Å². The van der Waals surface area contributed by atoms with E-state index in [0.717, 1.165) is 5.56 Å². The summed E-state index contributed by atoms with van der Waals surface area (Å²) in [5.74, 6) is -0.423. The van der Waals surface area contributed by atoms with Crippen molar-refractivity contribution in [3.8, 4) is 11.4 Å². The van der Waals surface area contributed by atoms with E-state index in [1.54, 1.807) is 25.4 Å². The van der Waals surface area contributed by atoms with Crippen LogP contribution in [0.2, 0.25) is 0 Å². The summed E-state index contributed by atoms with van der Waals surface area (Å²) in [7, 11) is 0. The van der Waals surface area contributed by atoms with Gasteiger partial charge in [-0.15, -0.1) is 10.2 Å². The van der Waals surface area contributed by atoms with Crippen molar-refractivity contribution in [2.75, 3.05) is 0 Å². The van der Waals surface area contributed by atoms with Crippen LogP contribution >= 0.6 is 0 Å². The van der Waals surface area contributed by atoms with Crippen molar-refractivity contribution in [2.45, 2.75) is 13.0 Å². The predicted molar refractivity (Wildman–Crippen MR) is 55.6 cm³/mol. The first-order chi connectivity index (χ1) is 7.70. The Labute approximate surface area is 91.6 Å². The maximum atomic E-state index is 10.9. The van der Waals surface area contributed by atoms with Crippen LogP contribution in [0.1, 0.15) is 13.0 Å². The highest BCUT2D eigenvalue weighted by Gasteiger charge is 2.18. The molecule has 0 aliphatic rings. The van der Waals surface area contributed by atoms with Crippen LogP contribution in [-0.4, -0.2) is 30.8 Å². The van der Waals surface area contributed by atoms with E-state index < -0.39 is 12.0 Å². The SMILES string of the molecule is CC(C(=O)O)n1cnnc1-c1cccnc1. The van der Waals surface area contributed by atoms with Gasteiger partial charge in [0.15, 0.2) is 5.82 Å². The lowest BCUT2D eigenvalue weighted by Gasteiger charge is -2.10. The molecular formula is C10H10N4O2. The molecule has 0 fully saturated rings. The maximum absolute atomic E-state index is 10.9. The van der Waals surface area contributed by atoms with Crippen molar-refractivity contribution in [3.05, 3.63) is 30.9 Å². The van der Waals surface area contributed by atoms with Gasteiger partial charge in [0.1, 0.15) is 12.4 Å². The Morgan fingerprint density at radius 1 is 1.56 bits per heavy atom. The molecule has 1 unspecified atom stereocenters. The molecule has 0 amide bonds. The van der Waals surface area contributed by atoms with Gasteiger partial charge in [-0.05, 0) is 19.1 Å². The molecule has 0 radical (unpaired) electrons. The lowest BCUT2D eigenvalue weighted by Crippen LogP contribution is -2.15. The third-order valence-electron chi connectivity index (χ3n) is 2.27. The number of hydrogen-bond donors (Lipinski definition) is 1. The Hall–Kier alpha value is -2.24. The molecule has 0 saturated heterocycles. The van der Waals surface area contributed by atoms with Crippen molar-refractivity contribution < 1.29 is 9.90 Å². The lowest BCUT2D eigenvalue weighted by molar-refractivity contribution is -0.140. The third-order valence-corrected chi connectivity index (χ3v) is 2.27. The molecule has 0 bridgehead atoms. The van der Waals surface area contributed by atoms with Gasteiger partial charge in [0.25, 0.3) is 0 Å². The van der Waals surface area contributed by atoms with E-state index in [9.17, 15) is 4.79 Å². The Bertz CT molecular complexity index is 495. The second-order valence-corrected chi connectivity index (χ2v) is 3.32. The van der Waals surface area contributed by atoms with E-state index in [1.807, 2.05) is 6.07 Å².